The smallest absolute Gasteiger partial charge is 0.252 e. The number of aromatic hydroxyl groups is 1. The molecule has 3 unspecified atom stereocenters. The molecule has 10 heteroatoms. The highest BCUT2D eigenvalue weighted by Crippen LogP contribution is 2.39. The molecule has 0 aromatic heterocycles. The highest BCUT2D eigenvalue weighted by Gasteiger charge is 2.40. The molecule has 0 spiro atoms. The van der Waals surface area contributed by atoms with E-state index >= 15 is 0 Å². The number of likely N-dealkylation sites (tertiary alicyclic amines) is 1. The van der Waals surface area contributed by atoms with Crippen LogP contribution in [0.4, 0.5) is 0 Å². The van der Waals surface area contributed by atoms with Crippen molar-refractivity contribution in [2.24, 2.45) is 11.8 Å². The number of aliphatic hydroxyl groups is 1. The quantitative estimate of drug-likeness (QED) is 0.354. The number of fused-ring (bicyclic) bond motifs is 1. The third-order valence-electron chi connectivity index (χ3n) is 7.90. The summed E-state index contributed by atoms with van der Waals surface area (Å²) in [6.07, 6.45) is 4.88. The second kappa shape index (κ2) is 16.8. The number of phenols is 1. The first-order valence-corrected chi connectivity index (χ1v) is 14.0. The number of hydrogen-bond donors (Lipinski definition) is 3. The van der Waals surface area contributed by atoms with Crippen LogP contribution in [0.25, 0.3) is 0 Å². The average Bonchev–Trinajstić information content (AvgIpc) is 2.88. The molecule has 4 rings (SSSR count). The minimum atomic E-state index is -0.843. The van der Waals surface area contributed by atoms with E-state index in [9.17, 15) is 19.8 Å². The van der Waals surface area contributed by atoms with Crippen LogP contribution in [0.1, 0.15) is 54.9 Å². The van der Waals surface area contributed by atoms with Gasteiger partial charge in [0, 0.05) is 34.9 Å². The number of thioether (sulfide) groups is 1. The van der Waals surface area contributed by atoms with Gasteiger partial charge in [0.05, 0.1) is 18.2 Å². The Morgan fingerprint density at radius 2 is 1.69 bits per heavy atom. The molecule has 2 aromatic carbocycles. The molecule has 1 aliphatic carbocycles. The Morgan fingerprint density at radius 1 is 1.03 bits per heavy atom. The van der Waals surface area contributed by atoms with Crippen molar-refractivity contribution >= 4 is 63.9 Å². The number of aliphatic hydroxyl groups excluding tert-OH is 1. The van der Waals surface area contributed by atoms with Gasteiger partial charge < -0.3 is 15.5 Å². The van der Waals surface area contributed by atoms with E-state index in [1.54, 1.807) is 43.8 Å². The number of carbonyl (C=O) groups is 2. The molecular weight excluding hydrogens is 569 g/mol. The van der Waals surface area contributed by atoms with E-state index in [1.165, 1.54) is 25.7 Å². The van der Waals surface area contributed by atoms with Crippen molar-refractivity contribution in [3.05, 3.63) is 59.7 Å². The van der Waals surface area contributed by atoms with E-state index in [2.05, 4.69) is 10.2 Å². The fourth-order valence-corrected chi connectivity index (χ4v) is 6.79. The monoisotopic (exact) mass is 612 g/mol. The summed E-state index contributed by atoms with van der Waals surface area (Å²) in [6, 6.07) is 14.1. The van der Waals surface area contributed by atoms with Crippen molar-refractivity contribution in [2.75, 3.05) is 18.8 Å². The number of rotatable bonds is 9. The van der Waals surface area contributed by atoms with Crippen LogP contribution in [0.2, 0.25) is 0 Å². The van der Waals surface area contributed by atoms with Gasteiger partial charge in [0.25, 0.3) is 5.91 Å². The van der Waals surface area contributed by atoms with Crippen LogP contribution in [-0.2, 0) is 4.79 Å². The molecule has 0 bridgehead atoms. The Hall–Kier alpha value is -1.30. The predicted octanol–water partition coefficient (Wildman–Crippen LogP) is 4.76. The van der Waals surface area contributed by atoms with Crippen molar-refractivity contribution in [2.45, 2.75) is 69.0 Å². The maximum absolute atomic E-state index is 13.2. The van der Waals surface area contributed by atoms with E-state index in [0.29, 0.717) is 35.3 Å². The Morgan fingerprint density at radius 3 is 2.36 bits per heavy atom. The summed E-state index contributed by atoms with van der Waals surface area (Å²) >= 11 is 1.58. The van der Waals surface area contributed by atoms with Gasteiger partial charge in [-0.1, -0.05) is 43.5 Å². The van der Waals surface area contributed by atoms with Crippen molar-refractivity contribution in [3.63, 3.8) is 0 Å². The molecule has 39 heavy (non-hydrogen) atoms. The molecule has 5 atom stereocenters. The van der Waals surface area contributed by atoms with Gasteiger partial charge in [-0.25, -0.2) is 0 Å². The van der Waals surface area contributed by atoms with Crippen LogP contribution in [-0.4, -0.2) is 63.8 Å². The largest absolute Gasteiger partial charge is 0.508 e. The summed E-state index contributed by atoms with van der Waals surface area (Å²) in [6.45, 7) is 4.53. The maximum atomic E-state index is 13.2. The van der Waals surface area contributed by atoms with Gasteiger partial charge in [-0.05, 0) is 62.8 Å². The number of ketones is 1. The number of phenolic OH excluding ortho intramolecular Hbond substituents is 1. The van der Waals surface area contributed by atoms with Crippen LogP contribution in [0.3, 0.4) is 0 Å². The summed E-state index contributed by atoms with van der Waals surface area (Å²) in [5.41, 5.74) is 0.900. The lowest BCUT2D eigenvalue weighted by Crippen LogP contribution is -2.56. The Kier molecular flexibility index (Phi) is 15.4. The molecule has 0 radical (unpaired) electrons. The summed E-state index contributed by atoms with van der Waals surface area (Å²) in [5.74, 6) is 1.55. The second-order valence-corrected chi connectivity index (χ2v) is 11.4. The molecule has 1 aliphatic heterocycles. The zero-order valence-electron chi connectivity index (χ0n) is 22.7. The van der Waals surface area contributed by atoms with Gasteiger partial charge in [-0.3, -0.25) is 14.5 Å². The first kappa shape index (κ1) is 35.7. The highest BCUT2D eigenvalue weighted by atomic mass is 32.2. The Labute approximate surface area is 258 Å². The average molecular weight is 613 g/mol. The molecule has 1 heterocycles. The van der Waals surface area contributed by atoms with Crippen molar-refractivity contribution in [1.82, 2.24) is 10.2 Å². The lowest BCUT2D eigenvalue weighted by molar-refractivity contribution is -0.126. The molecule has 2 aliphatic rings. The van der Waals surface area contributed by atoms with Gasteiger partial charge in [-0.2, -0.15) is 40.5 Å². The lowest BCUT2D eigenvalue weighted by Gasteiger charge is -2.46. The zero-order chi connectivity index (χ0) is 25.7. The standard InChI is InChI=1S/C29H38N2O4S.3H2S/c1-19-24(13-8-14-27(19)33)29(35)30-25(18-36-23-11-4-3-5-12-23)28(34)17-31-16-22-10-7-6-9-21(22)15-26(31)20(2)32;;;/h3-5,8,11-14,21-22,25-26,28,33-34H,6-7,9-10,15-18H2,1-2H3,(H,30,35);3*1H2/t21?,22?,25-,26-,28?;;;/m0.../s1. The molecule has 218 valence electrons. The Bertz CT molecular complexity index is 1060. The molecule has 3 N–H and O–H groups in total. The van der Waals surface area contributed by atoms with Gasteiger partial charge in [0.2, 0.25) is 0 Å². The van der Waals surface area contributed by atoms with Gasteiger partial charge in [0.1, 0.15) is 11.5 Å². The van der Waals surface area contributed by atoms with E-state index in [-0.39, 0.29) is 64.0 Å². The minimum Gasteiger partial charge on any atom is -0.508 e. The molecule has 6 nitrogen and oxygen atoms in total. The zero-order valence-corrected chi connectivity index (χ0v) is 26.5. The van der Waals surface area contributed by atoms with Crippen LogP contribution < -0.4 is 5.32 Å². The number of carbonyl (C=O) groups excluding carboxylic acids is 2. The van der Waals surface area contributed by atoms with E-state index in [0.717, 1.165) is 17.9 Å². The number of piperidine rings is 1. The highest BCUT2D eigenvalue weighted by molar-refractivity contribution is 7.99. The predicted molar refractivity (Wildman–Crippen MR) is 175 cm³/mol. The van der Waals surface area contributed by atoms with Crippen molar-refractivity contribution in [1.29, 1.82) is 0 Å². The third kappa shape index (κ3) is 9.36. The summed E-state index contributed by atoms with van der Waals surface area (Å²) in [4.78, 5) is 29.0. The molecule has 1 amide bonds. The van der Waals surface area contributed by atoms with Gasteiger partial charge in [-0.15, -0.1) is 11.8 Å². The molecule has 2 fully saturated rings. The number of hydrogen-bond acceptors (Lipinski definition) is 6. The van der Waals surface area contributed by atoms with E-state index in [4.69, 9.17) is 0 Å². The fraction of sp³-hybridized carbons (Fsp3) is 0.517. The van der Waals surface area contributed by atoms with Gasteiger partial charge >= 0.3 is 0 Å². The Balaban J connectivity index is 0.00000253. The van der Waals surface area contributed by atoms with E-state index < -0.39 is 12.1 Å². The summed E-state index contributed by atoms with van der Waals surface area (Å²) in [5, 5.41) is 24.5. The third-order valence-corrected chi connectivity index (χ3v) is 9.03. The molecule has 1 saturated heterocycles. The first-order valence-electron chi connectivity index (χ1n) is 13.0. The number of amides is 1. The molecule has 1 saturated carbocycles. The SMILES string of the molecule is CC(=O)[C@@H]1CC2CCCCC2CN1CC(O)[C@H](CSc1ccccc1)NC(=O)c1cccc(O)c1C.S.S.S. The van der Waals surface area contributed by atoms with Crippen LogP contribution >= 0.6 is 52.2 Å². The second-order valence-electron chi connectivity index (χ2n) is 10.3. The van der Waals surface area contributed by atoms with Crippen molar-refractivity contribution < 1.29 is 19.8 Å². The molecule has 2 aromatic rings. The van der Waals surface area contributed by atoms with Crippen LogP contribution in [0.15, 0.2) is 53.4 Å². The maximum Gasteiger partial charge on any atom is 0.252 e. The normalized spacial score (nSPS) is 22.1. The minimum absolute atomic E-state index is 0. The number of nitrogens with zero attached hydrogens (tertiary/aromatic N) is 1. The number of β-amino-alcohol motifs (C(OH)–C–C–N with tert-alkyl or cyclic N) is 1. The number of nitrogens with one attached hydrogen (secondary N) is 1. The van der Waals surface area contributed by atoms with Crippen molar-refractivity contribution in [3.8, 4) is 5.75 Å². The topological polar surface area (TPSA) is 89.9 Å². The number of Topliss-reactive ketones (excluding diaryl/α,β-unsaturated/α-hetero) is 1. The lowest BCUT2D eigenvalue weighted by atomic mass is 9.72. The van der Waals surface area contributed by atoms with Crippen LogP contribution in [0, 0.1) is 18.8 Å². The molecular formula is C29H44N2O4S4. The van der Waals surface area contributed by atoms with Crippen LogP contribution in [0.5, 0.6) is 5.75 Å². The van der Waals surface area contributed by atoms with Gasteiger partial charge in [0.15, 0.2) is 0 Å². The number of benzene rings is 2. The fourth-order valence-electron chi connectivity index (χ4n) is 5.76. The first-order chi connectivity index (χ1) is 17.3. The summed E-state index contributed by atoms with van der Waals surface area (Å²) in [7, 11) is 0. The van der Waals surface area contributed by atoms with E-state index in [1.807, 2.05) is 30.3 Å². The summed E-state index contributed by atoms with van der Waals surface area (Å²) < 4.78 is 0.